The molecule has 1 aliphatic rings. The van der Waals surface area contributed by atoms with Crippen LogP contribution in [0.3, 0.4) is 0 Å². The second-order valence-corrected chi connectivity index (χ2v) is 6.54. The van der Waals surface area contributed by atoms with Crippen molar-refractivity contribution in [3.63, 3.8) is 0 Å². The molecule has 1 saturated heterocycles. The fourth-order valence-electron chi connectivity index (χ4n) is 3.05. The standard InChI is InChI=1S/C20H18F3N3O3/c21-20(22,23)14-8-4-5-9-15(14)24-17(27)12-26-18(28)16(25-19(26)29)11-10-13-6-2-1-3-7-13/h1-9,16H,10-12H2,(H,24,27)(H,25,29)/t16-/m1/s1. The van der Waals surface area contributed by atoms with E-state index in [2.05, 4.69) is 10.6 Å². The number of aryl methyl sites for hydroxylation is 1. The zero-order valence-electron chi connectivity index (χ0n) is 15.2. The van der Waals surface area contributed by atoms with Crippen LogP contribution in [0.2, 0.25) is 0 Å². The maximum Gasteiger partial charge on any atom is 0.418 e. The van der Waals surface area contributed by atoms with Gasteiger partial charge in [-0.3, -0.25) is 14.5 Å². The number of benzene rings is 2. The first-order valence-electron chi connectivity index (χ1n) is 8.87. The van der Waals surface area contributed by atoms with E-state index in [4.69, 9.17) is 0 Å². The second-order valence-electron chi connectivity index (χ2n) is 6.54. The summed E-state index contributed by atoms with van der Waals surface area (Å²) in [6.45, 7) is -0.668. The fourth-order valence-corrected chi connectivity index (χ4v) is 3.05. The number of para-hydroxylation sites is 1. The summed E-state index contributed by atoms with van der Waals surface area (Å²) in [7, 11) is 0. The quantitative estimate of drug-likeness (QED) is 0.725. The molecule has 0 spiro atoms. The number of urea groups is 1. The lowest BCUT2D eigenvalue weighted by atomic mass is 10.1. The SMILES string of the molecule is O=C(CN1C(=O)N[C@H](CCc2ccccc2)C1=O)Nc1ccccc1C(F)(F)F. The number of anilines is 1. The lowest BCUT2D eigenvalue weighted by molar-refractivity contribution is -0.137. The summed E-state index contributed by atoms with van der Waals surface area (Å²) in [5.41, 5.74) is -0.446. The maximum atomic E-state index is 13.0. The number of hydrogen-bond acceptors (Lipinski definition) is 3. The number of nitrogens with one attached hydrogen (secondary N) is 2. The van der Waals surface area contributed by atoms with E-state index in [0.717, 1.165) is 17.7 Å². The van der Waals surface area contributed by atoms with E-state index in [1.807, 2.05) is 30.3 Å². The van der Waals surface area contributed by atoms with E-state index in [-0.39, 0.29) is 0 Å². The van der Waals surface area contributed by atoms with Gasteiger partial charge in [0.05, 0.1) is 11.3 Å². The Morgan fingerprint density at radius 1 is 1.03 bits per heavy atom. The molecule has 0 aliphatic carbocycles. The molecular weight excluding hydrogens is 387 g/mol. The van der Waals surface area contributed by atoms with Gasteiger partial charge in [-0.1, -0.05) is 42.5 Å². The van der Waals surface area contributed by atoms with Gasteiger partial charge >= 0.3 is 12.2 Å². The fraction of sp³-hybridized carbons (Fsp3) is 0.250. The lowest BCUT2D eigenvalue weighted by Gasteiger charge is -2.16. The van der Waals surface area contributed by atoms with Crippen LogP contribution in [0.1, 0.15) is 17.5 Å². The van der Waals surface area contributed by atoms with Crippen LogP contribution in [0.4, 0.5) is 23.7 Å². The zero-order valence-corrected chi connectivity index (χ0v) is 15.2. The summed E-state index contributed by atoms with van der Waals surface area (Å²) in [4.78, 5) is 37.4. The Balaban J connectivity index is 1.61. The Bertz CT molecular complexity index is 916. The Morgan fingerprint density at radius 3 is 2.38 bits per heavy atom. The highest BCUT2D eigenvalue weighted by Gasteiger charge is 2.39. The van der Waals surface area contributed by atoms with Crippen LogP contribution >= 0.6 is 0 Å². The minimum absolute atomic E-state index is 0.351. The van der Waals surface area contributed by atoms with Crippen molar-refractivity contribution in [2.45, 2.75) is 25.1 Å². The topological polar surface area (TPSA) is 78.5 Å². The van der Waals surface area contributed by atoms with Crippen molar-refractivity contribution in [1.82, 2.24) is 10.2 Å². The first-order valence-corrected chi connectivity index (χ1v) is 8.87. The van der Waals surface area contributed by atoms with Gasteiger partial charge in [-0.15, -0.1) is 0 Å². The highest BCUT2D eigenvalue weighted by atomic mass is 19.4. The molecule has 1 fully saturated rings. The van der Waals surface area contributed by atoms with Gasteiger partial charge in [0.1, 0.15) is 12.6 Å². The van der Waals surface area contributed by atoms with Crippen LogP contribution in [0, 0.1) is 0 Å². The predicted octanol–water partition coefficient (Wildman–Crippen LogP) is 3.20. The van der Waals surface area contributed by atoms with E-state index in [1.54, 1.807) is 0 Å². The molecule has 9 heteroatoms. The largest absolute Gasteiger partial charge is 0.418 e. The number of hydrogen-bond donors (Lipinski definition) is 2. The summed E-state index contributed by atoms with van der Waals surface area (Å²) in [6, 6.07) is 12.3. The molecule has 0 aromatic heterocycles. The normalized spacial score (nSPS) is 16.7. The lowest BCUT2D eigenvalue weighted by Crippen LogP contribution is -2.38. The molecule has 0 saturated carbocycles. The zero-order chi connectivity index (χ0) is 21.0. The molecular formula is C20H18F3N3O3. The van der Waals surface area contributed by atoms with E-state index in [9.17, 15) is 27.6 Å². The molecule has 1 aliphatic heterocycles. The minimum atomic E-state index is -4.65. The smallest absolute Gasteiger partial charge is 0.326 e. The highest BCUT2D eigenvalue weighted by Crippen LogP contribution is 2.34. The monoisotopic (exact) mass is 405 g/mol. The number of carbonyl (C=O) groups is 3. The van der Waals surface area contributed by atoms with Crippen LogP contribution in [0.25, 0.3) is 0 Å². The summed E-state index contributed by atoms with van der Waals surface area (Å²) >= 11 is 0. The number of rotatable bonds is 6. The Labute approximate surface area is 164 Å². The number of alkyl halides is 3. The maximum absolute atomic E-state index is 13.0. The van der Waals surface area contributed by atoms with Gasteiger partial charge in [0, 0.05) is 0 Å². The third-order valence-corrected chi connectivity index (χ3v) is 4.48. The molecule has 1 atom stereocenters. The first-order chi connectivity index (χ1) is 13.8. The van der Waals surface area contributed by atoms with Crippen molar-refractivity contribution < 1.29 is 27.6 Å². The molecule has 6 nitrogen and oxygen atoms in total. The molecule has 1 heterocycles. The van der Waals surface area contributed by atoms with Crippen LogP contribution in [0.5, 0.6) is 0 Å². The van der Waals surface area contributed by atoms with Crippen LogP contribution in [-0.4, -0.2) is 35.3 Å². The number of imide groups is 1. The van der Waals surface area contributed by atoms with Gasteiger partial charge in [0.25, 0.3) is 5.91 Å². The van der Waals surface area contributed by atoms with Gasteiger partial charge in [-0.2, -0.15) is 13.2 Å². The van der Waals surface area contributed by atoms with Crippen molar-refractivity contribution in [1.29, 1.82) is 0 Å². The number of carbonyl (C=O) groups excluding carboxylic acids is 3. The van der Waals surface area contributed by atoms with Crippen molar-refractivity contribution in [2.75, 3.05) is 11.9 Å². The molecule has 152 valence electrons. The number of nitrogens with zero attached hydrogens (tertiary/aromatic N) is 1. The van der Waals surface area contributed by atoms with Crippen molar-refractivity contribution in [3.8, 4) is 0 Å². The molecule has 29 heavy (non-hydrogen) atoms. The summed E-state index contributed by atoms with van der Waals surface area (Å²) < 4.78 is 39.1. The Morgan fingerprint density at radius 2 is 1.69 bits per heavy atom. The second kappa shape index (κ2) is 8.34. The Kier molecular flexibility index (Phi) is 5.86. The van der Waals surface area contributed by atoms with E-state index < -0.39 is 47.9 Å². The van der Waals surface area contributed by atoms with E-state index in [0.29, 0.717) is 17.7 Å². The molecule has 0 bridgehead atoms. The molecule has 2 N–H and O–H groups in total. The molecule has 0 unspecified atom stereocenters. The van der Waals surface area contributed by atoms with Crippen molar-refractivity contribution in [3.05, 3.63) is 65.7 Å². The third kappa shape index (κ3) is 4.92. The minimum Gasteiger partial charge on any atom is -0.326 e. The Hall–Kier alpha value is -3.36. The van der Waals surface area contributed by atoms with Gasteiger partial charge in [0.15, 0.2) is 0 Å². The van der Waals surface area contributed by atoms with Crippen LogP contribution in [-0.2, 0) is 22.2 Å². The molecule has 3 rings (SSSR count). The van der Waals surface area contributed by atoms with Crippen molar-refractivity contribution >= 4 is 23.5 Å². The molecule has 2 aromatic carbocycles. The van der Waals surface area contributed by atoms with E-state index in [1.165, 1.54) is 12.1 Å². The van der Waals surface area contributed by atoms with E-state index >= 15 is 0 Å². The highest BCUT2D eigenvalue weighted by molar-refractivity contribution is 6.08. The van der Waals surface area contributed by atoms with Crippen molar-refractivity contribution in [2.24, 2.45) is 0 Å². The van der Waals surface area contributed by atoms with Gasteiger partial charge in [-0.25, -0.2) is 4.79 Å². The molecule has 2 aromatic rings. The molecule has 4 amide bonds. The average Bonchev–Trinajstić information content (AvgIpc) is 2.94. The van der Waals surface area contributed by atoms with Crippen LogP contribution in [0.15, 0.2) is 54.6 Å². The third-order valence-electron chi connectivity index (χ3n) is 4.48. The predicted molar refractivity (Wildman–Crippen MR) is 98.9 cm³/mol. The summed E-state index contributed by atoms with van der Waals surface area (Å²) in [5.74, 6) is -1.47. The number of amides is 4. The number of halogens is 3. The summed E-state index contributed by atoms with van der Waals surface area (Å²) in [5, 5.41) is 4.63. The first kappa shape index (κ1) is 20.4. The average molecular weight is 405 g/mol. The van der Waals surface area contributed by atoms with Gasteiger partial charge < -0.3 is 10.6 Å². The summed E-state index contributed by atoms with van der Waals surface area (Å²) in [6.07, 6.45) is -3.74. The molecule has 0 radical (unpaired) electrons. The van der Waals surface area contributed by atoms with Gasteiger partial charge in [-0.05, 0) is 30.5 Å². The van der Waals surface area contributed by atoms with Gasteiger partial charge in [0.2, 0.25) is 5.91 Å². The van der Waals surface area contributed by atoms with Crippen LogP contribution < -0.4 is 10.6 Å².